The van der Waals surface area contributed by atoms with Crippen molar-refractivity contribution in [2.45, 2.75) is 46.1 Å². The fraction of sp³-hybridized carbons (Fsp3) is 0.464. The van der Waals surface area contributed by atoms with Crippen LogP contribution in [0.15, 0.2) is 60.2 Å². The second-order valence-electron chi connectivity index (χ2n) is 10.0. The maximum atomic E-state index is 7.94. The molecule has 2 bridgehead atoms. The minimum atomic E-state index is -0.0124. The molecule has 2 aliphatic carbocycles. The molecule has 2 aromatic rings. The van der Waals surface area contributed by atoms with E-state index in [1.54, 1.807) is 0 Å². The first-order chi connectivity index (χ1) is 16.4. The number of hydrogen-bond acceptors (Lipinski definition) is 5. The van der Waals surface area contributed by atoms with Crippen molar-refractivity contribution in [3.05, 3.63) is 76.9 Å². The number of nitrogens with two attached hydrogens (primary N) is 1. The molecule has 0 aromatic carbocycles. The summed E-state index contributed by atoms with van der Waals surface area (Å²) in [4.78, 5) is 11.0. The largest absolute Gasteiger partial charge is 0.369 e. The van der Waals surface area contributed by atoms with Crippen molar-refractivity contribution in [3.8, 4) is 0 Å². The van der Waals surface area contributed by atoms with Gasteiger partial charge in [0.25, 0.3) is 0 Å². The van der Waals surface area contributed by atoms with Crippen LogP contribution in [-0.4, -0.2) is 40.8 Å². The van der Waals surface area contributed by atoms with Gasteiger partial charge in [-0.1, -0.05) is 31.2 Å². The van der Waals surface area contributed by atoms with Crippen LogP contribution in [0, 0.1) is 36.0 Å². The molecule has 0 spiro atoms. The van der Waals surface area contributed by atoms with Crippen molar-refractivity contribution in [1.82, 2.24) is 14.9 Å². The van der Waals surface area contributed by atoms with Gasteiger partial charge in [0.2, 0.25) is 0 Å². The highest BCUT2D eigenvalue weighted by Gasteiger charge is 2.37. The number of hydrogen-bond donors (Lipinski definition) is 3. The summed E-state index contributed by atoms with van der Waals surface area (Å²) in [6, 6.07) is 6.31. The quantitative estimate of drug-likeness (QED) is 0.316. The SMILES string of the molecule is C/C1=C(/N(C)C=N)C2CCC(C=CC2N)C(C)[C@@H]1CNc1ncccc1Cc1cncc(C)c1. The minimum Gasteiger partial charge on any atom is -0.369 e. The first-order valence-electron chi connectivity index (χ1n) is 12.3. The van der Waals surface area contributed by atoms with Crippen LogP contribution in [0.5, 0.6) is 0 Å². The molecule has 4 unspecified atom stereocenters. The maximum absolute atomic E-state index is 7.94. The Bertz CT molecular complexity index is 1070. The van der Waals surface area contributed by atoms with E-state index in [4.69, 9.17) is 16.1 Å². The van der Waals surface area contributed by atoms with Crippen molar-refractivity contribution in [2.24, 2.45) is 29.4 Å². The highest BCUT2D eigenvalue weighted by Crippen LogP contribution is 2.42. The van der Waals surface area contributed by atoms with Crippen LogP contribution in [0.4, 0.5) is 5.82 Å². The lowest BCUT2D eigenvalue weighted by atomic mass is 9.72. The third kappa shape index (κ3) is 5.07. The molecule has 0 amide bonds. The standard InChI is InChI=1S/C28H38N6/c1-18-12-21(15-31-14-18)13-23-6-5-11-32-28(23)33-16-25-19(2)22-7-9-24(26(30)10-8-22)27(20(25)3)34(4)17-29/h5-6,8,10-12,14-15,17,19,22,24-26,29H,7,9,13,16,30H2,1-4H3,(H,32,33)/b27-20-,29-17?/t19?,22?,24?,25-,26?/m0/s1. The smallest absolute Gasteiger partial charge is 0.129 e. The van der Waals surface area contributed by atoms with Gasteiger partial charge >= 0.3 is 0 Å². The van der Waals surface area contributed by atoms with Gasteiger partial charge in [-0.25, -0.2) is 4.98 Å². The lowest BCUT2D eigenvalue weighted by Crippen LogP contribution is -2.38. The summed E-state index contributed by atoms with van der Waals surface area (Å²) in [6.45, 7) is 7.47. The van der Waals surface area contributed by atoms with E-state index in [1.807, 2.05) is 36.6 Å². The molecule has 0 aliphatic heterocycles. The number of nitrogens with zero attached hydrogens (tertiary/aromatic N) is 3. The zero-order chi connectivity index (χ0) is 24.2. The van der Waals surface area contributed by atoms with Crippen LogP contribution >= 0.6 is 0 Å². The maximum Gasteiger partial charge on any atom is 0.129 e. The van der Waals surface area contributed by atoms with Gasteiger partial charge in [0.1, 0.15) is 5.82 Å². The molecule has 0 fully saturated rings. The number of aryl methyl sites for hydroxylation is 1. The Morgan fingerprint density at radius 1 is 1.24 bits per heavy atom. The average Bonchev–Trinajstić information content (AvgIpc) is 3.00. The predicted octanol–water partition coefficient (Wildman–Crippen LogP) is 4.78. The molecule has 2 heterocycles. The van der Waals surface area contributed by atoms with E-state index in [0.717, 1.165) is 31.6 Å². The van der Waals surface area contributed by atoms with Crippen LogP contribution in [0.25, 0.3) is 0 Å². The van der Waals surface area contributed by atoms with Crippen molar-refractivity contribution in [1.29, 1.82) is 5.41 Å². The molecule has 5 atom stereocenters. The number of pyridine rings is 2. The molecular formula is C28H38N6. The number of fused-ring (bicyclic) bond motifs is 3. The third-order valence-electron chi connectivity index (χ3n) is 7.76. The summed E-state index contributed by atoms with van der Waals surface area (Å²) >= 11 is 0. The molecule has 0 saturated carbocycles. The molecule has 4 rings (SSSR count). The van der Waals surface area contributed by atoms with Crippen LogP contribution in [-0.2, 0) is 6.42 Å². The van der Waals surface area contributed by atoms with Gasteiger partial charge in [0.15, 0.2) is 0 Å². The van der Waals surface area contributed by atoms with Gasteiger partial charge in [-0.05, 0) is 66.9 Å². The molecule has 4 N–H and O–H groups in total. The lowest BCUT2D eigenvalue weighted by Gasteiger charge is -2.38. The van der Waals surface area contributed by atoms with E-state index in [2.05, 4.69) is 55.4 Å². The number of anilines is 1. The van der Waals surface area contributed by atoms with Crippen LogP contribution in [0.1, 0.15) is 43.4 Å². The molecule has 180 valence electrons. The Balaban J connectivity index is 1.63. The molecular weight excluding hydrogens is 420 g/mol. The van der Waals surface area contributed by atoms with E-state index in [0.29, 0.717) is 17.8 Å². The average molecular weight is 459 g/mol. The van der Waals surface area contributed by atoms with Gasteiger partial charge in [0.05, 0.1) is 6.34 Å². The summed E-state index contributed by atoms with van der Waals surface area (Å²) in [7, 11) is 1.98. The Morgan fingerprint density at radius 2 is 2.06 bits per heavy atom. The molecule has 0 saturated heterocycles. The third-order valence-corrected chi connectivity index (χ3v) is 7.76. The van der Waals surface area contributed by atoms with E-state index >= 15 is 0 Å². The molecule has 2 aliphatic rings. The van der Waals surface area contributed by atoms with Crippen LogP contribution in [0.3, 0.4) is 0 Å². The van der Waals surface area contributed by atoms with Gasteiger partial charge in [0, 0.05) is 62.2 Å². The van der Waals surface area contributed by atoms with Crippen molar-refractivity contribution < 1.29 is 0 Å². The second-order valence-corrected chi connectivity index (χ2v) is 10.0. The summed E-state index contributed by atoms with van der Waals surface area (Å²) in [5.41, 5.74) is 12.7. The number of rotatable bonds is 7. The monoisotopic (exact) mass is 458 g/mol. The summed E-state index contributed by atoms with van der Waals surface area (Å²) in [5.74, 6) is 2.45. The Kier molecular flexibility index (Phi) is 7.47. The normalized spacial score (nSPS) is 28.7. The molecule has 34 heavy (non-hydrogen) atoms. The summed E-state index contributed by atoms with van der Waals surface area (Å²) in [5, 5.41) is 11.6. The molecule has 0 radical (unpaired) electrons. The topological polar surface area (TPSA) is 90.9 Å². The number of allylic oxidation sites excluding steroid dienone is 1. The van der Waals surface area contributed by atoms with Crippen molar-refractivity contribution in [2.75, 3.05) is 18.9 Å². The van der Waals surface area contributed by atoms with Crippen LogP contribution < -0.4 is 11.1 Å². The molecule has 2 aromatic heterocycles. The van der Waals surface area contributed by atoms with E-state index in [1.165, 1.54) is 34.3 Å². The van der Waals surface area contributed by atoms with Gasteiger partial charge in [-0.15, -0.1) is 0 Å². The van der Waals surface area contributed by atoms with Crippen LogP contribution in [0.2, 0.25) is 0 Å². The van der Waals surface area contributed by atoms with Gasteiger partial charge in [-0.3, -0.25) is 10.4 Å². The van der Waals surface area contributed by atoms with Gasteiger partial charge in [-0.2, -0.15) is 0 Å². The zero-order valence-electron chi connectivity index (χ0n) is 20.8. The van der Waals surface area contributed by atoms with E-state index < -0.39 is 0 Å². The number of aromatic nitrogens is 2. The van der Waals surface area contributed by atoms with E-state index in [9.17, 15) is 0 Å². The van der Waals surface area contributed by atoms with Gasteiger partial charge < -0.3 is 16.0 Å². The first-order valence-corrected chi connectivity index (χ1v) is 12.3. The van der Waals surface area contributed by atoms with Crippen molar-refractivity contribution in [3.63, 3.8) is 0 Å². The van der Waals surface area contributed by atoms with Crippen molar-refractivity contribution >= 4 is 12.2 Å². The minimum absolute atomic E-state index is 0.0124. The Labute approximate surface area is 203 Å². The second kappa shape index (κ2) is 10.5. The molecule has 6 nitrogen and oxygen atoms in total. The highest BCUT2D eigenvalue weighted by molar-refractivity contribution is 5.55. The fourth-order valence-corrected chi connectivity index (χ4v) is 5.83. The summed E-state index contributed by atoms with van der Waals surface area (Å²) in [6.07, 6.45) is 14.6. The summed E-state index contributed by atoms with van der Waals surface area (Å²) < 4.78 is 0. The predicted molar refractivity (Wildman–Crippen MR) is 140 cm³/mol. The Hall–Kier alpha value is -2.99. The lowest BCUT2D eigenvalue weighted by molar-refractivity contribution is 0.272. The fourth-order valence-electron chi connectivity index (χ4n) is 5.83. The van der Waals surface area contributed by atoms with E-state index in [-0.39, 0.29) is 12.0 Å². The number of nitrogens with one attached hydrogen (secondary N) is 2. The first kappa shape index (κ1) is 24.1. The molecule has 6 heteroatoms. The highest BCUT2D eigenvalue weighted by atomic mass is 15.1. The zero-order valence-corrected chi connectivity index (χ0v) is 20.8. The Morgan fingerprint density at radius 3 is 2.82 bits per heavy atom.